The number of benzene rings is 2. The summed E-state index contributed by atoms with van der Waals surface area (Å²) in [5.41, 5.74) is 0.472. The molecule has 2 aromatic rings. The van der Waals surface area contributed by atoms with Gasteiger partial charge in [-0.15, -0.1) is 0 Å². The monoisotopic (exact) mass is 382 g/mol. The molecular formula is C19H21F3N2O3. The van der Waals surface area contributed by atoms with Crippen LogP contribution in [0.25, 0.3) is 0 Å². The zero-order chi connectivity index (χ0) is 20.0. The Hall–Kier alpha value is -2.74. The lowest BCUT2D eigenvalue weighted by Crippen LogP contribution is -2.30. The molecule has 8 heteroatoms. The Bertz CT molecular complexity index is 815. The zero-order valence-electron chi connectivity index (χ0n) is 15.3. The van der Waals surface area contributed by atoms with Crippen LogP contribution >= 0.6 is 0 Å². The van der Waals surface area contributed by atoms with Crippen LogP contribution in [0.15, 0.2) is 30.3 Å². The molecule has 0 bridgehead atoms. The Balaban J connectivity index is 1.98. The molecule has 0 aromatic heterocycles. The molecule has 27 heavy (non-hydrogen) atoms. The highest BCUT2D eigenvalue weighted by Crippen LogP contribution is 2.28. The number of nitrogens with zero attached hydrogens (tertiary/aromatic N) is 1. The van der Waals surface area contributed by atoms with Crippen molar-refractivity contribution in [3.8, 4) is 11.5 Å². The molecular weight excluding hydrogens is 361 g/mol. The molecule has 2 aromatic carbocycles. The van der Waals surface area contributed by atoms with Crippen LogP contribution < -0.4 is 14.8 Å². The molecule has 0 atom stereocenters. The van der Waals surface area contributed by atoms with Crippen LogP contribution in [-0.4, -0.2) is 38.1 Å². The third kappa shape index (κ3) is 5.37. The maximum atomic E-state index is 13.6. The number of rotatable bonds is 8. The molecule has 0 saturated heterocycles. The molecule has 1 amide bonds. The highest BCUT2D eigenvalue weighted by Gasteiger charge is 2.16. The predicted octanol–water partition coefficient (Wildman–Crippen LogP) is 3.58. The minimum atomic E-state index is -1.62. The molecule has 0 spiro atoms. The third-order valence-electron chi connectivity index (χ3n) is 3.70. The lowest BCUT2D eigenvalue weighted by Gasteiger charge is -2.18. The largest absolute Gasteiger partial charge is 0.493 e. The number of likely N-dealkylation sites (N-methyl/N-ethyl adjacent to an activating group) is 1. The van der Waals surface area contributed by atoms with Crippen LogP contribution in [0.2, 0.25) is 0 Å². The summed E-state index contributed by atoms with van der Waals surface area (Å²) in [6.07, 6.45) is 0. The summed E-state index contributed by atoms with van der Waals surface area (Å²) in [4.78, 5) is 13.7. The summed E-state index contributed by atoms with van der Waals surface area (Å²) >= 11 is 0. The Morgan fingerprint density at radius 2 is 1.85 bits per heavy atom. The first-order valence-corrected chi connectivity index (χ1v) is 8.27. The fraction of sp³-hybridized carbons (Fsp3) is 0.316. The molecule has 5 nitrogen and oxygen atoms in total. The van der Waals surface area contributed by atoms with Crippen LogP contribution in [0.1, 0.15) is 12.5 Å². The molecule has 2 rings (SSSR count). The normalized spacial score (nSPS) is 10.8. The van der Waals surface area contributed by atoms with Gasteiger partial charge < -0.3 is 14.8 Å². The number of carbonyl (C=O) groups excluding carboxylic acids is 1. The summed E-state index contributed by atoms with van der Waals surface area (Å²) in [5.74, 6) is -3.72. The van der Waals surface area contributed by atoms with Gasteiger partial charge in [0.1, 0.15) is 0 Å². The fourth-order valence-corrected chi connectivity index (χ4v) is 2.51. The summed E-state index contributed by atoms with van der Waals surface area (Å²) in [6, 6.07) is 7.15. The summed E-state index contributed by atoms with van der Waals surface area (Å²) in [7, 11) is 3.24. The highest BCUT2D eigenvalue weighted by atomic mass is 19.2. The van der Waals surface area contributed by atoms with Gasteiger partial charge in [-0.3, -0.25) is 9.69 Å². The smallest absolute Gasteiger partial charge is 0.238 e. The van der Waals surface area contributed by atoms with E-state index in [1.54, 1.807) is 24.1 Å². The minimum absolute atomic E-state index is 0.0754. The average molecular weight is 382 g/mol. The fourth-order valence-electron chi connectivity index (χ4n) is 2.51. The summed E-state index contributed by atoms with van der Waals surface area (Å²) < 4.78 is 50.5. The van der Waals surface area contributed by atoms with Gasteiger partial charge >= 0.3 is 0 Å². The zero-order valence-corrected chi connectivity index (χ0v) is 15.3. The summed E-state index contributed by atoms with van der Waals surface area (Å²) in [5, 5.41) is 2.24. The van der Waals surface area contributed by atoms with Crippen LogP contribution in [0, 0.1) is 17.5 Å². The van der Waals surface area contributed by atoms with Crippen LogP contribution in [0.4, 0.5) is 18.9 Å². The molecule has 0 radical (unpaired) electrons. The van der Waals surface area contributed by atoms with Crippen molar-refractivity contribution in [3.05, 3.63) is 53.3 Å². The van der Waals surface area contributed by atoms with Crippen molar-refractivity contribution in [3.63, 3.8) is 0 Å². The predicted molar refractivity (Wildman–Crippen MR) is 95.4 cm³/mol. The lowest BCUT2D eigenvalue weighted by molar-refractivity contribution is -0.117. The standard InChI is InChI=1S/C19H21F3N2O3/c1-4-27-15-8-5-12(9-16(15)26-3)10-24(2)11-17(25)23-14-7-6-13(20)18(21)19(14)22/h5-9H,4,10-11H2,1-3H3,(H,23,25). The van der Waals surface area contributed by atoms with E-state index in [1.807, 2.05) is 13.0 Å². The maximum Gasteiger partial charge on any atom is 0.238 e. The van der Waals surface area contributed by atoms with E-state index < -0.39 is 29.0 Å². The number of anilines is 1. The van der Waals surface area contributed by atoms with E-state index in [0.717, 1.165) is 17.7 Å². The Kier molecular flexibility index (Phi) is 7.06. The molecule has 0 heterocycles. The molecule has 0 saturated carbocycles. The molecule has 0 unspecified atom stereocenters. The van der Waals surface area contributed by atoms with Crippen molar-refractivity contribution in [1.29, 1.82) is 0 Å². The van der Waals surface area contributed by atoms with Crippen molar-refractivity contribution in [2.45, 2.75) is 13.5 Å². The number of hydrogen-bond donors (Lipinski definition) is 1. The van der Waals surface area contributed by atoms with Crippen molar-refractivity contribution < 1.29 is 27.4 Å². The lowest BCUT2D eigenvalue weighted by atomic mass is 10.2. The van der Waals surface area contributed by atoms with Crippen molar-refractivity contribution >= 4 is 11.6 Å². The first-order chi connectivity index (χ1) is 12.8. The Morgan fingerprint density at radius 1 is 1.11 bits per heavy atom. The Morgan fingerprint density at radius 3 is 2.52 bits per heavy atom. The van der Waals surface area contributed by atoms with E-state index in [2.05, 4.69) is 5.32 Å². The van der Waals surface area contributed by atoms with E-state index in [0.29, 0.717) is 24.7 Å². The van der Waals surface area contributed by atoms with Gasteiger partial charge in [0.05, 0.1) is 25.9 Å². The van der Waals surface area contributed by atoms with E-state index in [9.17, 15) is 18.0 Å². The average Bonchev–Trinajstić information content (AvgIpc) is 2.63. The first-order valence-electron chi connectivity index (χ1n) is 8.27. The number of amides is 1. The molecule has 0 aliphatic carbocycles. The highest BCUT2D eigenvalue weighted by molar-refractivity contribution is 5.92. The van der Waals surface area contributed by atoms with Gasteiger partial charge in [-0.05, 0) is 43.8 Å². The second kappa shape index (κ2) is 9.27. The van der Waals surface area contributed by atoms with E-state index in [-0.39, 0.29) is 6.54 Å². The SMILES string of the molecule is CCOc1ccc(CN(C)CC(=O)Nc2ccc(F)c(F)c2F)cc1OC. The van der Waals surface area contributed by atoms with Gasteiger partial charge in [0.2, 0.25) is 5.91 Å². The topological polar surface area (TPSA) is 50.8 Å². The van der Waals surface area contributed by atoms with E-state index in [4.69, 9.17) is 9.47 Å². The van der Waals surface area contributed by atoms with Gasteiger partial charge in [0.15, 0.2) is 29.0 Å². The number of nitrogens with one attached hydrogen (secondary N) is 1. The molecule has 146 valence electrons. The third-order valence-corrected chi connectivity index (χ3v) is 3.70. The van der Waals surface area contributed by atoms with Crippen LogP contribution in [-0.2, 0) is 11.3 Å². The van der Waals surface area contributed by atoms with Crippen molar-refractivity contribution in [2.75, 3.05) is 32.6 Å². The second-order valence-electron chi connectivity index (χ2n) is 5.86. The number of hydrogen-bond acceptors (Lipinski definition) is 4. The molecule has 0 aliphatic heterocycles. The van der Waals surface area contributed by atoms with Gasteiger partial charge in [0.25, 0.3) is 0 Å². The molecule has 1 N–H and O–H groups in total. The van der Waals surface area contributed by atoms with E-state index in [1.165, 1.54) is 7.11 Å². The van der Waals surface area contributed by atoms with Crippen molar-refractivity contribution in [2.24, 2.45) is 0 Å². The second-order valence-corrected chi connectivity index (χ2v) is 5.86. The summed E-state index contributed by atoms with van der Waals surface area (Å²) in [6.45, 7) is 2.72. The maximum absolute atomic E-state index is 13.6. The van der Waals surface area contributed by atoms with Gasteiger partial charge in [-0.25, -0.2) is 13.2 Å². The number of carbonyl (C=O) groups is 1. The van der Waals surface area contributed by atoms with Gasteiger partial charge in [0, 0.05) is 6.54 Å². The number of halogens is 3. The number of methoxy groups -OCH3 is 1. The quantitative estimate of drug-likeness (QED) is 0.709. The van der Waals surface area contributed by atoms with Crippen LogP contribution in [0.3, 0.4) is 0 Å². The van der Waals surface area contributed by atoms with Gasteiger partial charge in [-0.1, -0.05) is 6.07 Å². The number of ether oxygens (including phenoxy) is 2. The van der Waals surface area contributed by atoms with Crippen molar-refractivity contribution in [1.82, 2.24) is 4.90 Å². The van der Waals surface area contributed by atoms with E-state index >= 15 is 0 Å². The molecule has 0 aliphatic rings. The Labute approximate surface area is 155 Å². The molecule has 0 fully saturated rings. The van der Waals surface area contributed by atoms with Gasteiger partial charge in [-0.2, -0.15) is 0 Å². The first kappa shape index (κ1) is 20.6. The van der Waals surface area contributed by atoms with Crippen LogP contribution in [0.5, 0.6) is 11.5 Å². The minimum Gasteiger partial charge on any atom is -0.493 e.